The van der Waals surface area contributed by atoms with Crippen LogP contribution in [0.15, 0.2) is 18.2 Å². The van der Waals surface area contributed by atoms with Crippen LogP contribution in [0.5, 0.6) is 11.5 Å². The Morgan fingerprint density at radius 3 is 2.50 bits per heavy atom. The number of carbonyl (C=O) groups is 1. The van der Waals surface area contributed by atoms with Crippen molar-refractivity contribution in [1.29, 1.82) is 0 Å². The third-order valence-corrected chi connectivity index (χ3v) is 9.53. The highest BCUT2D eigenvalue weighted by atomic mass is 32.2. The summed E-state index contributed by atoms with van der Waals surface area (Å²) in [5, 5.41) is 13.9. The maximum absolute atomic E-state index is 12.8. The fraction of sp³-hybridized carbons (Fsp3) is 0.720. The van der Waals surface area contributed by atoms with Crippen molar-refractivity contribution < 1.29 is 27.8 Å². The molecule has 1 aromatic carbocycles. The van der Waals surface area contributed by atoms with Gasteiger partial charge in [-0.1, -0.05) is 25.3 Å². The molecule has 1 saturated heterocycles. The zero-order valence-electron chi connectivity index (χ0n) is 19.9. The van der Waals surface area contributed by atoms with E-state index >= 15 is 0 Å². The summed E-state index contributed by atoms with van der Waals surface area (Å²) in [6, 6.07) is 4.87. The van der Waals surface area contributed by atoms with Crippen LogP contribution in [-0.4, -0.2) is 74.2 Å². The van der Waals surface area contributed by atoms with Gasteiger partial charge in [0.2, 0.25) is 5.91 Å². The van der Waals surface area contributed by atoms with E-state index in [9.17, 15) is 18.3 Å². The number of amides is 1. The first-order valence-electron chi connectivity index (χ1n) is 12.7. The van der Waals surface area contributed by atoms with Gasteiger partial charge in [-0.25, -0.2) is 8.42 Å². The van der Waals surface area contributed by atoms with Crippen LogP contribution in [-0.2, 0) is 14.6 Å². The van der Waals surface area contributed by atoms with E-state index < -0.39 is 22.0 Å². The maximum Gasteiger partial charge on any atom is 0.220 e. The summed E-state index contributed by atoms with van der Waals surface area (Å²) in [7, 11) is -3.16. The molecule has 2 atom stereocenters. The van der Waals surface area contributed by atoms with Crippen LogP contribution in [0.3, 0.4) is 0 Å². The predicted molar refractivity (Wildman–Crippen MR) is 130 cm³/mol. The van der Waals surface area contributed by atoms with Crippen molar-refractivity contribution >= 4 is 15.7 Å². The molecule has 1 aliphatic carbocycles. The van der Waals surface area contributed by atoms with Gasteiger partial charge >= 0.3 is 0 Å². The molecule has 0 bridgehead atoms. The zero-order valence-corrected chi connectivity index (χ0v) is 20.7. The van der Waals surface area contributed by atoms with Crippen molar-refractivity contribution in [1.82, 2.24) is 10.2 Å². The summed E-state index contributed by atoms with van der Waals surface area (Å²) < 4.78 is 36.5. The fourth-order valence-corrected chi connectivity index (χ4v) is 7.18. The third kappa shape index (κ3) is 6.64. The molecule has 0 radical (unpaired) electrons. The van der Waals surface area contributed by atoms with Crippen LogP contribution < -0.4 is 14.8 Å². The highest BCUT2D eigenvalue weighted by Crippen LogP contribution is 2.33. The predicted octanol–water partition coefficient (Wildman–Crippen LogP) is 2.60. The van der Waals surface area contributed by atoms with Gasteiger partial charge in [-0.2, -0.15) is 0 Å². The molecule has 1 saturated carbocycles. The molecule has 1 unspecified atom stereocenters. The summed E-state index contributed by atoms with van der Waals surface area (Å²) in [6.45, 7) is 3.39. The average molecular weight is 495 g/mol. The number of ether oxygens (including phenoxy) is 2. The normalized spacial score (nSPS) is 21.2. The van der Waals surface area contributed by atoms with Crippen molar-refractivity contribution in [2.75, 3.05) is 38.6 Å². The number of nitrogens with zero attached hydrogens (tertiary/aromatic N) is 1. The molecule has 2 aliphatic heterocycles. The van der Waals surface area contributed by atoms with Gasteiger partial charge in [-0.3, -0.25) is 4.79 Å². The molecule has 2 fully saturated rings. The first kappa shape index (κ1) is 25.3. The van der Waals surface area contributed by atoms with Crippen LogP contribution in [0.25, 0.3) is 0 Å². The second-order valence-electron chi connectivity index (χ2n) is 9.76. The number of aliphatic hydroxyl groups excluding tert-OH is 1. The summed E-state index contributed by atoms with van der Waals surface area (Å²) >= 11 is 0. The number of fused-ring (bicyclic) bond motifs is 1. The van der Waals surface area contributed by atoms with Crippen molar-refractivity contribution in [2.24, 2.45) is 0 Å². The van der Waals surface area contributed by atoms with Gasteiger partial charge in [0.15, 0.2) is 21.3 Å². The molecule has 4 rings (SSSR count). The third-order valence-electron chi connectivity index (χ3n) is 7.18. The number of aliphatic hydroxyl groups is 1. The Balaban J connectivity index is 1.36. The van der Waals surface area contributed by atoms with Gasteiger partial charge in [0, 0.05) is 13.0 Å². The molecule has 34 heavy (non-hydrogen) atoms. The van der Waals surface area contributed by atoms with Gasteiger partial charge in [-0.15, -0.1) is 0 Å². The van der Waals surface area contributed by atoms with E-state index in [-0.39, 0.29) is 23.3 Å². The number of rotatable bonds is 10. The monoisotopic (exact) mass is 494 g/mol. The van der Waals surface area contributed by atoms with Crippen LogP contribution >= 0.6 is 0 Å². The Kier molecular flexibility index (Phi) is 8.71. The van der Waals surface area contributed by atoms with Gasteiger partial charge < -0.3 is 24.8 Å². The van der Waals surface area contributed by atoms with Crippen molar-refractivity contribution in [2.45, 2.75) is 75.2 Å². The van der Waals surface area contributed by atoms with E-state index in [1.807, 2.05) is 0 Å². The Bertz CT molecular complexity index is 925. The molecule has 190 valence electrons. The topological polar surface area (TPSA) is 105 Å². The molecule has 1 amide bonds. The quantitative estimate of drug-likeness (QED) is 0.515. The largest absolute Gasteiger partial charge is 0.486 e. The van der Waals surface area contributed by atoms with E-state index in [2.05, 4.69) is 10.2 Å². The Hall–Kier alpha value is -1.84. The summed E-state index contributed by atoms with van der Waals surface area (Å²) in [6.07, 6.45) is 6.30. The molecule has 2 N–H and O–H groups in total. The Morgan fingerprint density at radius 1 is 1.06 bits per heavy atom. The smallest absolute Gasteiger partial charge is 0.220 e. The first-order chi connectivity index (χ1) is 16.4. The molecule has 2 heterocycles. The van der Waals surface area contributed by atoms with Crippen molar-refractivity contribution in [3.8, 4) is 11.5 Å². The van der Waals surface area contributed by atoms with Crippen LogP contribution in [0.1, 0.15) is 69.5 Å². The molecule has 8 nitrogen and oxygen atoms in total. The standard InChI is InChI=1S/C25H38N2O6S/c28-24(9-6-16-34(30,31)20-7-2-1-3-8-20)26-21(18-27-12-4-5-13-27)25(29)19-10-11-22-23(17-19)33-15-14-32-22/h10-11,17,20-21,25,29H,1-9,12-16,18H2,(H,26,28)/t21-,25?/m1/s1. The van der Waals surface area contributed by atoms with E-state index in [4.69, 9.17) is 9.47 Å². The zero-order chi connectivity index (χ0) is 24.0. The van der Waals surface area contributed by atoms with Crippen molar-refractivity contribution in [3.05, 3.63) is 23.8 Å². The first-order valence-corrected chi connectivity index (χ1v) is 14.4. The molecule has 0 aromatic heterocycles. The lowest BCUT2D eigenvalue weighted by atomic mass is 10.0. The molecule has 3 aliphatic rings. The van der Waals surface area contributed by atoms with Gasteiger partial charge in [0.1, 0.15) is 19.3 Å². The minimum absolute atomic E-state index is 0.0482. The number of hydrogen-bond donors (Lipinski definition) is 2. The van der Waals surface area contributed by atoms with Crippen LogP contribution in [0, 0.1) is 0 Å². The summed E-state index contributed by atoms with van der Waals surface area (Å²) in [4.78, 5) is 15.0. The molecule has 9 heteroatoms. The van der Waals surface area contributed by atoms with Crippen LogP contribution in [0.2, 0.25) is 0 Å². The number of hydrogen-bond acceptors (Lipinski definition) is 7. The van der Waals surface area contributed by atoms with Gasteiger partial charge in [0.05, 0.1) is 17.0 Å². The minimum atomic E-state index is -3.16. The van der Waals surface area contributed by atoms with E-state index in [1.165, 1.54) is 0 Å². The summed E-state index contributed by atoms with van der Waals surface area (Å²) in [5.41, 5.74) is 0.661. The molecular formula is C25H38N2O6S. The number of sulfone groups is 1. The lowest BCUT2D eigenvalue weighted by Crippen LogP contribution is -2.46. The molecular weight excluding hydrogens is 456 g/mol. The van der Waals surface area contributed by atoms with E-state index in [0.29, 0.717) is 43.2 Å². The number of carbonyl (C=O) groups excluding carboxylic acids is 1. The number of likely N-dealkylation sites (tertiary alicyclic amines) is 1. The second kappa shape index (κ2) is 11.7. The highest BCUT2D eigenvalue weighted by molar-refractivity contribution is 7.92. The molecule has 1 aromatic rings. The highest BCUT2D eigenvalue weighted by Gasteiger charge is 2.29. The molecule has 0 spiro atoms. The van der Waals surface area contributed by atoms with E-state index in [0.717, 1.165) is 58.0 Å². The van der Waals surface area contributed by atoms with Gasteiger partial charge in [-0.05, 0) is 62.9 Å². The maximum atomic E-state index is 12.8. The van der Waals surface area contributed by atoms with Gasteiger partial charge in [0.25, 0.3) is 0 Å². The summed E-state index contributed by atoms with van der Waals surface area (Å²) in [5.74, 6) is 1.08. The second-order valence-corrected chi connectivity index (χ2v) is 12.2. The Morgan fingerprint density at radius 2 is 1.76 bits per heavy atom. The average Bonchev–Trinajstić information content (AvgIpc) is 3.36. The van der Waals surface area contributed by atoms with Crippen molar-refractivity contribution in [3.63, 3.8) is 0 Å². The number of benzene rings is 1. The fourth-order valence-electron chi connectivity index (χ4n) is 5.25. The SMILES string of the molecule is O=C(CCCS(=O)(=O)C1CCCCC1)N[C@H](CN1CCCC1)C(O)c1ccc2c(c1)OCCO2. The van der Waals surface area contributed by atoms with E-state index in [1.54, 1.807) is 18.2 Å². The Labute approximate surface area is 202 Å². The number of nitrogens with one attached hydrogen (secondary N) is 1. The van der Waals surface area contributed by atoms with Crippen LogP contribution in [0.4, 0.5) is 0 Å². The lowest BCUT2D eigenvalue weighted by molar-refractivity contribution is -0.122. The lowest BCUT2D eigenvalue weighted by Gasteiger charge is -2.29. The minimum Gasteiger partial charge on any atom is -0.486 e.